The van der Waals surface area contributed by atoms with Crippen LogP contribution in [0.5, 0.6) is 0 Å². The lowest BCUT2D eigenvalue weighted by Crippen LogP contribution is -2.44. The number of H-pyrrole nitrogens is 1. The zero-order valence-electron chi connectivity index (χ0n) is 14.2. The van der Waals surface area contributed by atoms with Gasteiger partial charge in [0.05, 0.1) is 12.1 Å². The number of amides is 1. The highest BCUT2D eigenvalue weighted by molar-refractivity contribution is 7.71. The Hall–Kier alpha value is -2.15. The summed E-state index contributed by atoms with van der Waals surface area (Å²) >= 11 is 4.98. The van der Waals surface area contributed by atoms with Gasteiger partial charge in [-0.2, -0.15) is 0 Å². The average Bonchev–Trinajstić information content (AvgIpc) is 2.99. The molecular formula is C18H22N2O4S. The van der Waals surface area contributed by atoms with Gasteiger partial charge in [-0.15, -0.1) is 0 Å². The van der Waals surface area contributed by atoms with Gasteiger partial charge in [-0.3, -0.25) is 9.59 Å². The number of fused-ring (bicyclic) bond motifs is 1. The molecule has 1 saturated carbocycles. The van der Waals surface area contributed by atoms with Crippen LogP contribution in [0.3, 0.4) is 0 Å². The molecule has 2 aromatic rings. The van der Waals surface area contributed by atoms with Gasteiger partial charge in [-0.05, 0) is 50.2 Å². The largest absolute Gasteiger partial charge is 0.465 e. The molecule has 0 radical (unpaired) electrons. The van der Waals surface area contributed by atoms with Crippen molar-refractivity contribution >= 4 is 35.2 Å². The molecule has 25 heavy (non-hydrogen) atoms. The minimum absolute atomic E-state index is 0.0219. The number of esters is 1. The number of benzene rings is 1. The van der Waals surface area contributed by atoms with E-state index in [-0.39, 0.29) is 29.3 Å². The summed E-state index contributed by atoms with van der Waals surface area (Å²) in [6.07, 6.45) is 5.15. The Bertz CT molecular complexity index is 820. The standard InChI is InChI=1S/C18H22N2O4S/c1-2-23-16(21)11-20(13-6-4-3-5-7-13)17(22)12-8-9-14-15(10-12)24-18(25)19-14/h8-10,13H,2-7,11H2,1H3,(H,19,25). The molecule has 6 nitrogen and oxygen atoms in total. The van der Waals surface area contributed by atoms with Crippen LogP contribution in [-0.4, -0.2) is 41.0 Å². The van der Waals surface area contributed by atoms with Gasteiger partial charge in [0.1, 0.15) is 6.54 Å². The fraction of sp³-hybridized carbons (Fsp3) is 0.500. The maximum absolute atomic E-state index is 13.1. The number of nitrogens with zero attached hydrogens (tertiary/aromatic N) is 1. The van der Waals surface area contributed by atoms with E-state index in [0.717, 1.165) is 31.2 Å². The number of carbonyl (C=O) groups is 2. The minimum atomic E-state index is -0.373. The molecule has 3 rings (SSSR count). The van der Waals surface area contributed by atoms with Crippen molar-refractivity contribution in [3.05, 3.63) is 28.6 Å². The number of ether oxygens (including phenoxy) is 1. The molecule has 1 aromatic carbocycles. The molecule has 1 aliphatic carbocycles. The smallest absolute Gasteiger partial charge is 0.325 e. The molecule has 1 aliphatic rings. The SMILES string of the molecule is CCOC(=O)CN(C(=O)c1ccc2[nH]c(=S)oc2c1)C1CCCCC1. The van der Waals surface area contributed by atoms with E-state index < -0.39 is 0 Å². The lowest BCUT2D eigenvalue weighted by atomic mass is 9.93. The van der Waals surface area contributed by atoms with E-state index >= 15 is 0 Å². The predicted molar refractivity (Wildman–Crippen MR) is 95.9 cm³/mol. The third kappa shape index (κ3) is 4.10. The quantitative estimate of drug-likeness (QED) is 0.646. The van der Waals surface area contributed by atoms with Crippen molar-refractivity contribution in [3.63, 3.8) is 0 Å². The zero-order valence-corrected chi connectivity index (χ0v) is 15.1. The van der Waals surface area contributed by atoms with Gasteiger partial charge in [0.25, 0.3) is 10.7 Å². The van der Waals surface area contributed by atoms with Gasteiger partial charge in [-0.25, -0.2) is 0 Å². The highest BCUT2D eigenvalue weighted by Gasteiger charge is 2.28. The van der Waals surface area contributed by atoms with Crippen LogP contribution in [0.4, 0.5) is 0 Å². The first-order chi connectivity index (χ1) is 12.1. The molecule has 0 spiro atoms. The Morgan fingerprint density at radius 2 is 2.08 bits per heavy atom. The number of hydrogen-bond donors (Lipinski definition) is 1. The Balaban J connectivity index is 1.87. The Morgan fingerprint density at radius 3 is 2.80 bits per heavy atom. The van der Waals surface area contributed by atoms with Crippen molar-refractivity contribution in [3.8, 4) is 0 Å². The van der Waals surface area contributed by atoms with E-state index in [4.69, 9.17) is 21.4 Å². The second-order valence-corrected chi connectivity index (χ2v) is 6.63. The monoisotopic (exact) mass is 362 g/mol. The summed E-state index contributed by atoms with van der Waals surface area (Å²) in [5.74, 6) is -0.550. The summed E-state index contributed by atoms with van der Waals surface area (Å²) in [5.41, 5.74) is 1.77. The molecule has 0 atom stereocenters. The van der Waals surface area contributed by atoms with E-state index in [2.05, 4.69) is 4.98 Å². The molecule has 1 fully saturated rings. The van der Waals surface area contributed by atoms with Gasteiger partial charge >= 0.3 is 5.97 Å². The van der Waals surface area contributed by atoms with Gasteiger partial charge in [0.2, 0.25) is 0 Å². The highest BCUT2D eigenvalue weighted by atomic mass is 32.1. The van der Waals surface area contributed by atoms with Gasteiger partial charge in [0.15, 0.2) is 5.58 Å². The van der Waals surface area contributed by atoms with Crippen molar-refractivity contribution in [1.82, 2.24) is 9.88 Å². The van der Waals surface area contributed by atoms with E-state index in [1.54, 1.807) is 30.0 Å². The normalized spacial score (nSPS) is 15.2. The van der Waals surface area contributed by atoms with Gasteiger partial charge in [-0.1, -0.05) is 19.3 Å². The van der Waals surface area contributed by atoms with E-state index in [0.29, 0.717) is 17.8 Å². The van der Waals surface area contributed by atoms with E-state index in [1.807, 2.05) is 0 Å². The summed E-state index contributed by atoms with van der Waals surface area (Å²) in [6.45, 7) is 2.05. The molecule has 0 saturated heterocycles. The highest BCUT2D eigenvalue weighted by Crippen LogP contribution is 2.25. The molecule has 1 aromatic heterocycles. The van der Waals surface area contributed by atoms with Crippen LogP contribution in [0.1, 0.15) is 49.4 Å². The van der Waals surface area contributed by atoms with Crippen molar-refractivity contribution in [2.24, 2.45) is 0 Å². The fourth-order valence-corrected chi connectivity index (χ4v) is 3.55. The summed E-state index contributed by atoms with van der Waals surface area (Å²) in [4.78, 5) is 29.9. The maximum atomic E-state index is 13.1. The Labute approximate surface area is 151 Å². The number of carbonyl (C=O) groups excluding carboxylic acids is 2. The number of oxazole rings is 1. The third-order valence-electron chi connectivity index (χ3n) is 4.55. The topological polar surface area (TPSA) is 75.5 Å². The second kappa shape index (κ2) is 7.82. The number of rotatable bonds is 5. The van der Waals surface area contributed by atoms with Crippen LogP contribution in [0.15, 0.2) is 22.6 Å². The van der Waals surface area contributed by atoms with Crippen LogP contribution in [0, 0.1) is 4.84 Å². The zero-order chi connectivity index (χ0) is 17.8. The minimum Gasteiger partial charge on any atom is -0.465 e. The first-order valence-electron chi connectivity index (χ1n) is 8.68. The second-order valence-electron chi connectivity index (χ2n) is 6.26. The van der Waals surface area contributed by atoms with Gasteiger partial charge in [0, 0.05) is 11.6 Å². The predicted octanol–water partition coefficient (Wildman–Crippen LogP) is 3.83. The van der Waals surface area contributed by atoms with E-state index in [1.165, 1.54) is 6.42 Å². The summed E-state index contributed by atoms with van der Waals surface area (Å²) in [5, 5.41) is 0. The number of hydrogen-bond acceptors (Lipinski definition) is 5. The van der Waals surface area contributed by atoms with Crippen LogP contribution in [-0.2, 0) is 9.53 Å². The Kier molecular flexibility index (Phi) is 5.53. The third-order valence-corrected chi connectivity index (χ3v) is 4.73. The molecule has 0 unspecified atom stereocenters. The first kappa shape index (κ1) is 17.7. The molecule has 0 aliphatic heterocycles. The lowest BCUT2D eigenvalue weighted by molar-refractivity contribution is -0.144. The van der Waals surface area contributed by atoms with Crippen molar-refractivity contribution < 1.29 is 18.7 Å². The van der Waals surface area contributed by atoms with Gasteiger partial charge < -0.3 is 19.0 Å². The van der Waals surface area contributed by atoms with Crippen molar-refractivity contribution in [2.45, 2.75) is 45.1 Å². The summed E-state index contributed by atoms with van der Waals surface area (Å²) in [7, 11) is 0. The van der Waals surface area contributed by atoms with Crippen molar-refractivity contribution in [2.75, 3.05) is 13.2 Å². The van der Waals surface area contributed by atoms with Crippen LogP contribution in [0.25, 0.3) is 11.1 Å². The lowest BCUT2D eigenvalue weighted by Gasteiger charge is -2.33. The molecular weight excluding hydrogens is 340 g/mol. The first-order valence-corrected chi connectivity index (χ1v) is 9.08. The van der Waals surface area contributed by atoms with Crippen LogP contribution < -0.4 is 0 Å². The molecule has 1 N–H and O–H groups in total. The fourth-order valence-electron chi connectivity index (χ4n) is 3.35. The Morgan fingerprint density at radius 1 is 1.32 bits per heavy atom. The summed E-state index contributed by atoms with van der Waals surface area (Å²) < 4.78 is 10.5. The van der Waals surface area contributed by atoms with E-state index in [9.17, 15) is 9.59 Å². The number of nitrogens with one attached hydrogen (secondary N) is 1. The van der Waals surface area contributed by atoms with Crippen LogP contribution >= 0.6 is 12.2 Å². The van der Waals surface area contributed by atoms with Crippen molar-refractivity contribution in [1.29, 1.82) is 0 Å². The van der Waals surface area contributed by atoms with Crippen LogP contribution in [0.2, 0.25) is 0 Å². The molecule has 134 valence electrons. The molecule has 7 heteroatoms. The number of aromatic nitrogens is 1. The number of aromatic amines is 1. The maximum Gasteiger partial charge on any atom is 0.325 e. The average molecular weight is 362 g/mol. The molecule has 0 bridgehead atoms. The molecule has 1 amide bonds. The molecule has 1 heterocycles. The summed E-state index contributed by atoms with van der Waals surface area (Å²) in [6, 6.07) is 5.24.